The molecular formula is C23H24F2N6O. The van der Waals surface area contributed by atoms with Gasteiger partial charge in [-0.25, -0.2) is 18.7 Å². The van der Waals surface area contributed by atoms with E-state index >= 15 is 0 Å². The van der Waals surface area contributed by atoms with Crippen molar-refractivity contribution in [3.8, 4) is 6.07 Å². The van der Waals surface area contributed by atoms with Crippen LogP contribution in [0.1, 0.15) is 40.1 Å². The van der Waals surface area contributed by atoms with Gasteiger partial charge in [0.05, 0.1) is 16.9 Å². The molecule has 3 heterocycles. The van der Waals surface area contributed by atoms with Crippen molar-refractivity contribution in [2.24, 2.45) is 0 Å². The first-order valence-electron chi connectivity index (χ1n) is 10.0. The Hall–Kier alpha value is -3.64. The molecule has 0 bridgehead atoms. The quantitative estimate of drug-likeness (QED) is 0.626. The Morgan fingerprint density at radius 2 is 2.00 bits per heavy atom. The highest BCUT2D eigenvalue weighted by Gasteiger charge is 2.23. The number of aliphatic hydroxyl groups is 1. The summed E-state index contributed by atoms with van der Waals surface area (Å²) in [6.07, 6.45) is 1.14. The Kier molecular flexibility index (Phi) is 7.63. The predicted molar refractivity (Wildman–Crippen MR) is 117 cm³/mol. The van der Waals surface area contributed by atoms with Gasteiger partial charge in [0.2, 0.25) is 0 Å². The van der Waals surface area contributed by atoms with E-state index in [1.54, 1.807) is 6.07 Å². The van der Waals surface area contributed by atoms with Crippen LogP contribution < -0.4 is 10.2 Å². The molecule has 0 radical (unpaired) electrons. The van der Waals surface area contributed by atoms with E-state index in [4.69, 9.17) is 5.11 Å². The van der Waals surface area contributed by atoms with Gasteiger partial charge in [-0.1, -0.05) is 12.1 Å². The standard InChI is InChI=1S/C22H20F2N6.CH4O/c1-14-2-5-20(16(8-14)9-25)30-7-6-18-17(12-30)22(29-13-28-18)27-11-15-3-4-19(21(23)24)26-10-15;1-2/h2-5,8,10,13,21H,6-7,11-12H2,1H3,(H,27,28,29);2H,1H3. The lowest BCUT2D eigenvalue weighted by Crippen LogP contribution is -2.32. The number of aromatic nitrogens is 3. The van der Waals surface area contributed by atoms with Gasteiger partial charge >= 0.3 is 0 Å². The van der Waals surface area contributed by atoms with Crippen LogP contribution >= 0.6 is 0 Å². The summed E-state index contributed by atoms with van der Waals surface area (Å²) in [6.45, 7) is 3.72. The smallest absolute Gasteiger partial charge is 0.280 e. The number of fused-ring (bicyclic) bond motifs is 1. The molecule has 0 fully saturated rings. The van der Waals surface area contributed by atoms with E-state index in [-0.39, 0.29) is 5.69 Å². The second-order valence-electron chi connectivity index (χ2n) is 7.20. The van der Waals surface area contributed by atoms with Crippen molar-refractivity contribution in [2.45, 2.75) is 32.9 Å². The third kappa shape index (κ3) is 5.15. The number of alkyl halides is 2. The average molecular weight is 438 g/mol. The summed E-state index contributed by atoms with van der Waals surface area (Å²) in [7, 11) is 1.00. The molecular weight excluding hydrogens is 414 g/mol. The summed E-state index contributed by atoms with van der Waals surface area (Å²) in [5, 5.41) is 19.8. The van der Waals surface area contributed by atoms with Gasteiger partial charge in [-0.3, -0.25) is 4.98 Å². The first kappa shape index (κ1) is 23.0. The molecule has 0 amide bonds. The second kappa shape index (κ2) is 10.6. The summed E-state index contributed by atoms with van der Waals surface area (Å²) in [4.78, 5) is 14.8. The van der Waals surface area contributed by atoms with E-state index in [1.807, 2.05) is 25.1 Å². The minimum Gasteiger partial charge on any atom is -0.400 e. The molecule has 32 heavy (non-hydrogen) atoms. The Labute approximate surface area is 185 Å². The van der Waals surface area contributed by atoms with Crippen LogP contribution in [0.15, 0.2) is 42.9 Å². The van der Waals surface area contributed by atoms with Crippen LogP contribution in [0, 0.1) is 18.3 Å². The fraction of sp³-hybridized carbons (Fsp3) is 0.304. The molecule has 1 aliphatic rings. The summed E-state index contributed by atoms with van der Waals surface area (Å²) >= 11 is 0. The number of nitrogens with zero attached hydrogens (tertiary/aromatic N) is 5. The molecule has 3 aromatic rings. The molecule has 0 unspecified atom stereocenters. The van der Waals surface area contributed by atoms with Gasteiger partial charge < -0.3 is 15.3 Å². The van der Waals surface area contributed by atoms with E-state index in [0.717, 1.165) is 48.1 Å². The van der Waals surface area contributed by atoms with E-state index < -0.39 is 6.43 Å². The summed E-state index contributed by atoms with van der Waals surface area (Å²) in [5.41, 5.74) is 5.09. The number of hydrogen-bond donors (Lipinski definition) is 2. The largest absolute Gasteiger partial charge is 0.400 e. The first-order valence-corrected chi connectivity index (χ1v) is 10.0. The normalized spacial score (nSPS) is 12.5. The van der Waals surface area contributed by atoms with E-state index in [0.29, 0.717) is 24.5 Å². The Balaban J connectivity index is 0.00000141. The lowest BCUT2D eigenvalue weighted by atomic mass is 10.0. The maximum absolute atomic E-state index is 12.7. The van der Waals surface area contributed by atoms with Crippen LogP contribution in [0.4, 0.5) is 20.3 Å². The van der Waals surface area contributed by atoms with Gasteiger partial charge in [0.25, 0.3) is 6.43 Å². The van der Waals surface area contributed by atoms with Gasteiger partial charge in [-0.15, -0.1) is 0 Å². The number of hydrogen-bond acceptors (Lipinski definition) is 7. The number of halogens is 2. The molecule has 9 heteroatoms. The number of aliphatic hydroxyl groups excluding tert-OH is 1. The Morgan fingerprint density at radius 3 is 2.69 bits per heavy atom. The van der Waals surface area contributed by atoms with Crippen LogP contribution in [0.3, 0.4) is 0 Å². The SMILES string of the molecule is CO.Cc1ccc(N2CCc3ncnc(NCc4ccc(C(F)F)nc4)c3C2)c(C#N)c1. The number of aryl methyl sites for hydroxylation is 1. The maximum atomic E-state index is 12.7. The monoisotopic (exact) mass is 438 g/mol. The highest BCUT2D eigenvalue weighted by atomic mass is 19.3. The number of benzene rings is 1. The van der Waals surface area contributed by atoms with Crippen molar-refractivity contribution in [1.29, 1.82) is 5.26 Å². The molecule has 2 aromatic heterocycles. The van der Waals surface area contributed by atoms with Gasteiger partial charge in [0, 0.05) is 44.9 Å². The predicted octanol–water partition coefficient (Wildman–Crippen LogP) is 3.77. The van der Waals surface area contributed by atoms with Crippen LogP contribution in [-0.4, -0.2) is 33.7 Å². The average Bonchev–Trinajstić information content (AvgIpc) is 2.83. The Morgan fingerprint density at radius 1 is 1.19 bits per heavy atom. The van der Waals surface area contributed by atoms with Crippen molar-refractivity contribution in [3.05, 3.63) is 76.5 Å². The third-order valence-electron chi connectivity index (χ3n) is 5.15. The molecule has 0 saturated heterocycles. The molecule has 1 aromatic carbocycles. The van der Waals surface area contributed by atoms with Crippen LogP contribution in [-0.2, 0) is 19.5 Å². The van der Waals surface area contributed by atoms with Gasteiger partial charge in [-0.05, 0) is 36.2 Å². The van der Waals surface area contributed by atoms with E-state index in [9.17, 15) is 14.0 Å². The lowest BCUT2D eigenvalue weighted by molar-refractivity contribution is 0.146. The summed E-state index contributed by atoms with van der Waals surface area (Å²) in [5.74, 6) is 0.702. The van der Waals surface area contributed by atoms with Crippen molar-refractivity contribution in [2.75, 3.05) is 23.9 Å². The first-order chi connectivity index (χ1) is 15.5. The van der Waals surface area contributed by atoms with Crippen molar-refractivity contribution in [3.63, 3.8) is 0 Å². The van der Waals surface area contributed by atoms with Crippen molar-refractivity contribution in [1.82, 2.24) is 15.0 Å². The molecule has 0 aliphatic carbocycles. The highest BCUT2D eigenvalue weighted by Crippen LogP contribution is 2.30. The third-order valence-corrected chi connectivity index (χ3v) is 5.15. The van der Waals surface area contributed by atoms with Crippen molar-refractivity contribution < 1.29 is 13.9 Å². The van der Waals surface area contributed by atoms with Crippen molar-refractivity contribution >= 4 is 11.5 Å². The van der Waals surface area contributed by atoms with E-state index in [2.05, 4.69) is 31.2 Å². The highest BCUT2D eigenvalue weighted by molar-refractivity contribution is 5.62. The number of anilines is 2. The second-order valence-corrected chi connectivity index (χ2v) is 7.20. The topological polar surface area (TPSA) is 98.0 Å². The minimum absolute atomic E-state index is 0.236. The van der Waals surface area contributed by atoms with Crippen LogP contribution in [0.5, 0.6) is 0 Å². The zero-order chi connectivity index (χ0) is 23.1. The molecule has 2 N–H and O–H groups in total. The summed E-state index contributed by atoms with van der Waals surface area (Å²) in [6, 6.07) is 11.1. The Bertz CT molecular complexity index is 1100. The molecule has 0 atom stereocenters. The van der Waals surface area contributed by atoms with Crippen LogP contribution in [0.25, 0.3) is 0 Å². The molecule has 166 valence electrons. The zero-order valence-electron chi connectivity index (χ0n) is 17.9. The molecule has 1 aliphatic heterocycles. The lowest BCUT2D eigenvalue weighted by Gasteiger charge is -2.31. The molecule has 0 saturated carbocycles. The fourth-order valence-corrected chi connectivity index (χ4v) is 3.57. The number of rotatable bonds is 5. The zero-order valence-corrected chi connectivity index (χ0v) is 17.9. The summed E-state index contributed by atoms with van der Waals surface area (Å²) < 4.78 is 25.3. The number of nitrogens with one attached hydrogen (secondary N) is 1. The van der Waals surface area contributed by atoms with Gasteiger partial charge in [0.15, 0.2) is 0 Å². The van der Waals surface area contributed by atoms with E-state index in [1.165, 1.54) is 18.6 Å². The fourth-order valence-electron chi connectivity index (χ4n) is 3.57. The van der Waals surface area contributed by atoms with Gasteiger partial charge in [-0.2, -0.15) is 5.26 Å². The number of pyridine rings is 1. The molecule has 4 rings (SSSR count). The number of nitriles is 1. The van der Waals surface area contributed by atoms with Crippen LogP contribution in [0.2, 0.25) is 0 Å². The minimum atomic E-state index is -2.58. The molecule has 0 spiro atoms. The van der Waals surface area contributed by atoms with Gasteiger partial charge in [0.1, 0.15) is 23.9 Å². The molecule has 7 nitrogen and oxygen atoms in total. The maximum Gasteiger partial charge on any atom is 0.280 e.